The molecule has 4 nitrogen and oxygen atoms in total. The van der Waals surface area contributed by atoms with E-state index in [-0.39, 0.29) is 17.9 Å². The summed E-state index contributed by atoms with van der Waals surface area (Å²) in [6, 6.07) is 13.2. The van der Waals surface area contributed by atoms with Gasteiger partial charge in [-0.1, -0.05) is 32.0 Å². The number of aliphatic hydroxyl groups is 1. The molecule has 4 heteroatoms. The fourth-order valence-electron chi connectivity index (χ4n) is 2.68. The number of hydrogen-bond donors (Lipinski definition) is 2. The Bertz CT molecular complexity index is 691. The molecule has 1 amide bonds. The highest BCUT2D eigenvalue weighted by molar-refractivity contribution is 5.94. The Morgan fingerprint density at radius 3 is 2.56 bits per heavy atom. The average Bonchev–Trinajstić information content (AvgIpc) is 2.58. The number of benzene rings is 1. The number of aryl methyl sites for hydroxylation is 1. The molecule has 1 atom stereocenters. The van der Waals surface area contributed by atoms with Gasteiger partial charge in [0.25, 0.3) is 5.91 Å². The van der Waals surface area contributed by atoms with E-state index >= 15 is 0 Å². The molecular weight excluding hydrogens is 312 g/mol. The van der Waals surface area contributed by atoms with E-state index in [1.54, 1.807) is 20.0 Å². The smallest absolute Gasteiger partial charge is 0.251 e. The van der Waals surface area contributed by atoms with E-state index < -0.39 is 5.60 Å². The average molecular weight is 340 g/mol. The Labute approximate surface area is 150 Å². The molecule has 0 saturated carbocycles. The SMILES string of the molecule is CC(C)C(NC(=O)c1cccc(CCC(C)(C)O)c1)c1ccccn1. The molecule has 2 N–H and O–H groups in total. The van der Waals surface area contributed by atoms with Crippen LogP contribution >= 0.6 is 0 Å². The number of nitrogens with zero attached hydrogens (tertiary/aromatic N) is 1. The van der Waals surface area contributed by atoms with Crippen molar-refractivity contribution in [3.8, 4) is 0 Å². The highest BCUT2D eigenvalue weighted by atomic mass is 16.3. The molecule has 25 heavy (non-hydrogen) atoms. The Hall–Kier alpha value is -2.20. The van der Waals surface area contributed by atoms with Crippen molar-refractivity contribution in [3.63, 3.8) is 0 Å². The lowest BCUT2D eigenvalue weighted by molar-refractivity contribution is 0.0714. The summed E-state index contributed by atoms with van der Waals surface area (Å²) < 4.78 is 0. The van der Waals surface area contributed by atoms with E-state index in [0.29, 0.717) is 12.0 Å². The van der Waals surface area contributed by atoms with Gasteiger partial charge in [0.1, 0.15) is 0 Å². The van der Waals surface area contributed by atoms with E-state index in [0.717, 1.165) is 17.7 Å². The first kappa shape index (κ1) is 19.1. The monoisotopic (exact) mass is 340 g/mol. The lowest BCUT2D eigenvalue weighted by atomic mass is 9.97. The summed E-state index contributed by atoms with van der Waals surface area (Å²) in [5, 5.41) is 13.0. The van der Waals surface area contributed by atoms with Crippen molar-refractivity contribution < 1.29 is 9.90 Å². The van der Waals surface area contributed by atoms with Gasteiger partial charge in [0.2, 0.25) is 0 Å². The first-order chi connectivity index (χ1) is 11.8. The summed E-state index contributed by atoms with van der Waals surface area (Å²) in [6.45, 7) is 7.73. The molecule has 2 rings (SSSR count). The van der Waals surface area contributed by atoms with Gasteiger partial charge in [0.15, 0.2) is 0 Å². The molecule has 2 aromatic rings. The van der Waals surface area contributed by atoms with E-state index in [1.807, 2.05) is 42.5 Å². The summed E-state index contributed by atoms with van der Waals surface area (Å²) in [5.74, 6) is 0.131. The fraction of sp³-hybridized carbons (Fsp3) is 0.429. The molecular formula is C21H28N2O2. The lowest BCUT2D eigenvalue weighted by Crippen LogP contribution is -2.32. The summed E-state index contributed by atoms with van der Waals surface area (Å²) >= 11 is 0. The van der Waals surface area contributed by atoms with Crippen molar-refractivity contribution in [3.05, 3.63) is 65.5 Å². The van der Waals surface area contributed by atoms with Gasteiger partial charge in [-0.25, -0.2) is 0 Å². The number of hydrogen-bond acceptors (Lipinski definition) is 3. The molecule has 0 aliphatic heterocycles. The van der Waals surface area contributed by atoms with Crippen molar-refractivity contribution in [1.82, 2.24) is 10.3 Å². The molecule has 0 aliphatic rings. The van der Waals surface area contributed by atoms with Crippen LogP contribution in [0.5, 0.6) is 0 Å². The molecule has 0 aliphatic carbocycles. The van der Waals surface area contributed by atoms with Gasteiger partial charge in [-0.3, -0.25) is 9.78 Å². The zero-order valence-corrected chi connectivity index (χ0v) is 15.5. The molecule has 0 fully saturated rings. The van der Waals surface area contributed by atoms with E-state index in [1.165, 1.54) is 0 Å². The molecule has 1 aromatic carbocycles. The van der Waals surface area contributed by atoms with Crippen molar-refractivity contribution >= 4 is 5.91 Å². The van der Waals surface area contributed by atoms with Crippen LogP contribution in [0.15, 0.2) is 48.7 Å². The molecule has 0 radical (unpaired) electrons. The minimum atomic E-state index is -0.708. The van der Waals surface area contributed by atoms with Gasteiger partial charge in [-0.05, 0) is 62.4 Å². The third-order valence-corrected chi connectivity index (χ3v) is 4.17. The summed E-state index contributed by atoms with van der Waals surface area (Å²) in [5.41, 5.74) is 1.84. The second-order valence-electron chi connectivity index (χ2n) is 7.46. The third kappa shape index (κ3) is 5.98. The predicted molar refractivity (Wildman–Crippen MR) is 100 cm³/mol. The first-order valence-corrected chi connectivity index (χ1v) is 8.79. The van der Waals surface area contributed by atoms with Gasteiger partial charge in [0.05, 0.1) is 17.3 Å². The molecule has 1 heterocycles. The van der Waals surface area contributed by atoms with Gasteiger partial charge in [-0.2, -0.15) is 0 Å². The standard InChI is InChI=1S/C21H28N2O2/c1-15(2)19(18-10-5-6-13-22-18)23-20(24)17-9-7-8-16(14-17)11-12-21(3,4)25/h5-10,13-15,19,25H,11-12H2,1-4H3,(H,23,24). The Morgan fingerprint density at radius 2 is 1.96 bits per heavy atom. The Kier molecular flexibility index (Phi) is 6.32. The summed E-state index contributed by atoms with van der Waals surface area (Å²) in [7, 11) is 0. The maximum Gasteiger partial charge on any atom is 0.251 e. The van der Waals surface area contributed by atoms with Gasteiger partial charge < -0.3 is 10.4 Å². The minimum absolute atomic E-state index is 0.102. The summed E-state index contributed by atoms with van der Waals surface area (Å²) in [4.78, 5) is 17.1. The third-order valence-electron chi connectivity index (χ3n) is 4.17. The predicted octanol–water partition coefficient (Wildman–Crippen LogP) is 3.91. The Balaban J connectivity index is 2.11. The highest BCUT2D eigenvalue weighted by Gasteiger charge is 2.20. The van der Waals surface area contributed by atoms with Crippen LogP contribution in [0.25, 0.3) is 0 Å². The van der Waals surface area contributed by atoms with E-state index in [2.05, 4.69) is 24.1 Å². The second-order valence-corrected chi connectivity index (χ2v) is 7.46. The molecule has 0 bridgehead atoms. The Morgan fingerprint density at radius 1 is 1.20 bits per heavy atom. The van der Waals surface area contributed by atoms with Crippen LogP contribution in [-0.4, -0.2) is 21.6 Å². The molecule has 1 unspecified atom stereocenters. The maximum atomic E-state index is 12.7. The number of rotatable bonds is 7. The van der Waals surface area contributed by atoms with Crippen molar-refractivity contribution in [2.75, 3.05) is 0 Å². The maximum absolute atomic E-state index is 12.7. The van der Waals surface area contributed by atoms with Crippen molar-refractivity contribution in [2.24, 2.45) is 5.92 Å². The second kappa shape index (κ2) is 8.26. The van der Waals surface area contributed by atoms with Crippen LogP contribution in [-0.2, 0) is 6.42 Å². The zero-order chi connectivity index (χ0) is 18.4. The molecule has 0 spiro atoms. The number of amides is 1. The van der Waals surface area contributed by atoms with Crippen LogP contribution in [0.3, 0.4) is 0 Å². The van der Waals surface area contributed by atoms with Crippen LogP contribution in [0.4, 0.5) is 0 Å². The number of aromatic nitrogens is 1. The van der Waals surface area contributed by atoms with E-state index in [9.17, 15) is 9.90 Å². The fourth-order valence-corrected chi connectivity index (χ4v) is 2.68. The van der Waals surface area contributed by atoms with Crippen LogP contribution in [0.1, 0.15) is 61.8 Å². The minimum Gasteiger partial charge on any atom is -0.390 e. The zero-order valence-electron chi connectivity index (χ0n) is 15.5. The highest BCUT2D eigenvalue weighted by Crippen LogP contribution is 2.20. The topological polar surface area (TPSA) is 62.2 Å². The lowest BCUT2D eigenvalue weighted by Gasteiger charge is -2.22. The van der Waals surface area contributed by atoms with Crippen LogP contribution in [0, 0.1) is 5.92 Å². The number of carbonyl (C=O) groups is 1. The normalized spacial score (nSPS) is 12.9. The molecule has 134 valence electrons. The van der Waals surface area contributed by atoms with Gasteiger partial charge in [-0.15, -0.1) is 0 Å². The number of pyridine rings is 1. The van der Waals surface area contributed by atoms with Crippen molar-refractivity contribution in [2.45, 2.75) is 52.2 Å². The molecule has 0 saturated heterocycles. The van der Waals surface area contributed by atoms with Crippen LogP contribution in [0.2, 0.25) is 0 Å². The van der Waals surface area contributed by atoms with Crippen LogP contribution < -0.4 is 5.32 Å². The summed E-state index contributed by atoms with van der Waals surface area (Å²) in [6.07, 6.45) is 3.13. The number of nitrogens with one attached hydrogen (secondary N) is 1. The quantitative estimate of drug-likeness (QED) is 0.803. The van der Waals surface area contributed by atoms with E-state index in [4.69, 9.17) is 0 Å². The first-order valence-electron chi connectivity index (χ1n) is 8.79. The largest absolute Gasteiger partial charge is 0.390 e. The number of carbonyl (C=O) groups excluding carboxylic acids is 1. The van der Waals surface area contributed by atoms with Gasteiger partial charge >= 0.3 is 0 Å². The van der Waals surface area contributed by atoms with Gasteiger partial charge in [0, 0.05) is 11.8 Å². The van der Waals surface area contributed by atoms with Crippen molar-refractivity contribution in [1.29, 1.82) is 0 Å². The molecule has 1 aromatic heterocycles.